The predicted octanol–water partition coefficient (Wildman–Crippen LogP) is 2.94. The molecule has 6 heteroatoms. The maximum absolute atomic E-state index is 12.4. The van der Waals surface area contributed by atoms with E-state index in [4.69, 9.17) is 0 Å². The topological polar surface area (TPSA) is 66.5 Å². The highest BCUT2D eigenvalue weighted by molar-refractivity contribution is 7.89. The van der Waals surface area contributed by atoms with Gasteiger partial charge < -0.3 is 4.90 Å². The lowest BCUT2D eigenvalue weighted by Crippen LogP contribution is -2.38. The van der Waals surface area contributed by atoms with E-state index in [1.165, 1.54) is 6.92 Å². The van der Waals surface area contributed by atoms with Crippen LogP contribution < -0.4 is 9.62 Å². The molecule has 1 N–H and O–H groups in total. The molecule has 0 atom stereocenters. The molecule has 0 fully saturated rings. The molecule has 0 aliphatic carbocycles. The number of rotatable bonds is 6. The second-order valence-electron chi connectivity index (χ2n) is 6.13. The predicted molar refractivity (Wildman–Crippen MR) is 100 cm³/mol. The van der Waals surface area contributed by atoms with E-state index in [-0.39, 0.29) is 23.9 Å². The third-order valence-corrected chi connectivity index (χ3v) is 5.48. The lowest BCUT2D eigenvalue weighted by Gasteiger charge is -2.25. The molecule has 0 unspecified atom stereocenters. The number of amides is 1. The fourth-order valence-corrected chi connectivity index (χ4v) is 3.94. The van der Waals surface area contributed by atoms with Crippen LogP contribution in [0.25, 0.3) is 0 Å². The number of hydrogen-bond acceptors (Lipinski definition) is 3. The molecule has 0 radical (unpaired) electrons. The number of sulfonamides is 1. The molecule has 25 heavy (non-hydrogen) atoms. The number of carbonyl (C=O) groups excluding carboxylic acids is 1. The minimum Gasteiger partial charge on any atom is -0.311 e. The second kappa shape index (κ2) is 7.80. The minimum atomic E-state index is -3.59. The van der Waals surface area contributed by atoms with Gasteiger partial charge in [0.25, 0.3) is 0 Å². The minimum absolute atomic E-state index is 0.118. The number of hydrogen-bond donors (Lipinski definition) is 1. The summed E-state index contributed by atoms with van der Waals surface area (Å²) in [7, 11) is -3.59. The van der Waals surface area contributed by atoms with E-state index in [1.54, 1.807) is 23.1 Å². The number of benzene rings is 2. The van der Waals surface area contributed by atoms with Gasteiger partial charge in [0.1, 0.15) is 0 Å². The van der Waals surface area contributed by atoms with Gasteiger partial charge in [0.15, 0.2) is 0 Å². The first-order valence-electron chi connectivity index (χ1n) is 8.13. The lowest BCUT2D eigenvalue weighted by molar-refractivity contribution is -0.116. The van der Waals surface area contributed by atoms with Crippen LogP contribution >= 0.6 is 0 Å². The molecule has 1 amide bonds. The molecule has 0 aliphatic rings. The first-order chi connectivity index (χ1) is 11.7. The van der Waals surface area contributed by atoms with Crippen LogP contribution in [0.15, 0.2) is 47.4 Å². The summed E-state index contributed by atoms with van der Waals surface area (Å²) < 4.78 is 27.4. The van der Waals surface area contributed by atoms with E-state index in [0.717, 1.165) is 22.4 Å². The Bertz CT molecular complexity index is 856. The Morgan fingerprint density at radius 2 is 1.64 bits per heavy atom. The summed E-state index contributed by atoms with van der Waals surface area (Å²) in [5.74, 6) is -0.118. The Hall–Kier alpha value is -2.18. The summed E-state index contributed by atoms with van der Waals surface area (Å²) in [6, 6.07) is 12.6. The van der Waals surface area contributed by atoms with Gasteiger partial charge in [-0.15, -0.1) is 0 Å². The molecule has 5 nitrogen and oxygen atoms in total. The number of para-hydroxylation sites is 1. The van der Waals surface area contributed by atoms with Crippen LogP contribution in [0.1, 0.15) is 23.6 Å². The van der Waals surface area contributed by atoms with Gasteiger partial charge in [0.05, 0.1) is 4.90 Å². The van der Waals surface area contributed by atoms with Gasteiger partial charge in [-0.25, -0.2) is 13.1 Å². The molecule has 0 spiro atoms. The van der Waals surface area contributed by atoms with Crippen LogP contribution in [-0.2, 0) is 14.8 Å². The molecule has 134 valence electrons. The van der Waals surface area contributed by atoms with Gasteiger partial charge in [0, 0.05) is 25.7 Å². The molecular formula is C19H24N2O3S. The van der Waals surface area contributed by atoms with E-state index in [1.807, 2.05) is 45.0 Å². The smallest absolute Gasteiger partial charge is 0.240 e. The van der Waals surface area contributed by atoms with E-state index in [2.05, 4.69) is 4.72 Å². The third kappa shape index (κ3) is 4.67. The van der Waals surface area contributed by atoms with Crippen molar-refractivity contribution in [3.8, 4) is 0 Å². The molecular weight excluding hydrogens is 336 g/mol. The van der Waals surface area contributed by atoms with Crippen molar-refractivity contribution in [3.05, 3.63) is 59.2 Å². The first kappa shape index (κ1) is 19.1. The number of aryl methyl sites for hydroxylation is 3. The highest BCUT2D eigenvalue weighted by Gasteiger charge is 2.18. The Morgan fingerprint density at radius 3 is 2.20 bits per heavy atom. The second-order valence-corrected chi connectivity index (χ2v) is 7.89. The molecule has 0 saturated heterocycles. The van der Waals surface area contributed by atoms with Gasteiger partial charge in [0.2, 0.25) is 15.9 Å². The largest absolute Gasteiger partial charge is 0.311 e. The normalized spacial score (nSPS) is 11.4. The van der Waals surface area contributed by atoms with Gasteiger partial charge in [-0.2, -0.15) is 0 Å². The summed E-state index contributed by atoms with van der Waals surface area (Å²) in [5.41, 5.74) is 3.68. The van der Waals surface area contributed by atoms with Crippen LogP contribution in [0.2, 0.25) is 0 Å². The summed E-state index contributed by atoms with van der Waals surface area (Å²) >= 11 is 0. The fraction of sp³-hybridized carbons (Fsp3) is 0.316. The van der Waals surface area contributed by atoms with Crippen LogP contribution in [0.3, 0.4) is 0 Å². The highest BCUT2D eigenvalue weighted by atomic mass is 32.2. The zero-order valence-electron chi connectivity index (χ0n) is 15.0. The summed E-state index contributed by atoms with van der Waals surface area (Å²) in [4.78, 5) is 13.9. The van der Waals surface area contributed by atoms with Crippen molar-refractivity contribution < 1.29 is 13.2 Å². The molecule has 0 bridgehead atoms. The van der Waals surface area contributed by atoms with Crippen LogP contribution in [-0.4, -0.2) is 27.4 Å². The monoisotopic (exact) mass is 360 g/mol. The van der Waals surface area contributed by atoms with E-state index in [0.29, 0.717) is 0 Å². The summed E-state index contributed by atoms with van der Waals surface area (Å²) in [5, 5.41) is 0. The molecule has 0 aromatic heterocycles. The van der Waals surface area contributed by atoms with Crippen molar-refractivity contribution >= 4 is 21.6 Å². The van der Waals surface area contributed by atoms with Gasteiger partial charge in [-0.1, -0.05) is 30.3 Å². The zero-order valence-corrected chi connectivity index (χ0v) is 15.9. The maximum Gasteiger partial charge on any atom is 0.240 e. The van der Waals surface area contributed by atoms with Crippen LogP contribution in [0.5, 0.6) is 0 Å². The molecule has 0 aliphatic heterocycles. The van der Waals surface area contributed by atoms with Gasteiger partial charge >= 0.3 is 0 Å². The Kier molecular flexibility index (Phi) is 5.98. The summed E-state index contributed by atoms with van der Waals surface area (Å²) in [6.45, 7) is 7.62. The van der Waals surface area contributed by atoms with Crippen molar-refractivity contribution in [2.75, 3.05) is 18.0 Å². The van der Waals surface area contributed by atoms with Crippen LogP contribution in [0, 0.1) is 20.8 Å². The van der Waals surface area contributed by atoms with Crippen molar-refractivity contribution in [1.29, 1.82) is 0 Å². The molecule has 2 rings (SSSR count). The van der Waals surface area contributed by atoms with E-state index in [9.17, 15) is 13.2 Å². The quantitative estimate of drug-likeness (QED) is 0.861. The first-order valence-corrected chi connectivity index (χ1v) is 9.61. The number of nitrogens with one attached hydrogen (secondary N) is 1. The average Bonchev–Trinajstić information content (AvgIpc) is 2.53. The van der Waals surface area contributed by atoms with Gasteiger partial charge in [-0.3, -0.25) is 4.79 Å². The average molecular weight is 360 g/mol. The zero-order chi connectivity index (χ0) is 18.6. The van der Waals surface area contributed by atoms with E-state index < -0.39 is 10.0 Å². The molecule has 0 saturated carbocycles. The lowest BCUT2D eigenvalue weighted by atomic mass is 10.1. The molecule has 2 aromatic carbocycles. The van der Waals surface area contributed by atoms with Gasteiger partial charge in [-0.05, 0) is 49.6 Å². The number of anilines is 1. The number of carbonyl (C=O) groups is 1. The van der Waals surface area contributed by atoms with Crippen LogP contribution in [0.4, 0.5) is 5.69 Å². The van der Waals surface area contributed by atoms with Crippen molar-refractivity contribution in [1.82, 2.24) is 4.72 Å². The molecule has 0 heterocycles. The Morgan fingerprint density at radius 1 is 1.04 bits per heavy atom. The standard InChI is InChI=1S/C19H24N2O3S/c1-14-7-5-10-18(13-14)25(23,24)20-11-12-21(17(4)22)19-15(2)8-6-9-16(19)3/h5-10,13,20H,11-12H2,1-4H3. The van der Waals surface area contributed by atoms with Crippen molar-refractivity contribution in [3.63, 3.8) is 0 Å². The summed E-state index contributed by atoms with van der Waals surface area (Å²) in [6.07, 6.45) is 0. The highest BCUT2D eigenvalue weighted by Crippen LogP contribution is 2.24. The Labute approximate surface area is 149 Å². The maximum atomic E-state index is 12.4. The Balaban J connectivity index is 2.14. The van der Waals surface area contributed by atoms with E-state index >= 15 is 0 Å². The SMILES string of the molecule is CC(=O)N(CCNS(=O)(=O)c1cccc(C)c1)c1c(C)cccc1C. The van der Waals surface area contributed by atoms with Crippen molar-refractivity contribution in [2.24, 2.45) is 0 Å². The fourth-order valence-electron chi connectivity index (χ4n) is 2.82. The molecule has 2 aromatic rings. The third-order valence-electron chi connectivity index (χ3n) is 4.02. The van der Waals surface area contributed by atoms with Crippen molar-refractivity contribution in [2.45, 2.75) is 32.6 Å². The number of nitrogens with zero attached hydrogens (tertiary/aromatic N) is 1.